The normalized spacial score (nSPS) is 16.0. The second kappa shape index (κ2) is 8.98. The van der Waals surface area contributed by atoms with E-state index in [0.29, 0.717) is 12.6 Å². The van der Waals surface area contributed by atoms with Crippen molar-refractivity contribution >= 4 is 23.0 Å². The van der Waals surface area contributed by atoms with Crippen LogP contribution in [0.25, 0.3) is 0 Å². The lowest BCUT2D eigenvalue weighted by Gasteiger charge is -2.34. The second-order valence-electron chi connectivity index (χ2n) is 6.40. The molecule has 0 bridgehead atoms. The van der Waals surface area contributed by atoms with Gasteiger partial charge in [0.05, 0.1) is 17.2 Å². The zero-order chi connectivity index (χ0) is 18.4. The first-order valence-electron chi connectivity index (χ1n) is 9.09. The molecule has 0 amide bonds. The first-order chi connectivity index (χ1) is 12.7. The van der Waals surface area contributed by atoms with Crippen LogP contribution in [0.4, 0.5) is 10.1 Å². The van der Waals surface area contributed by atoms with Gasteiger partial charge in [0.1, 0.15) is 5.82 Å². The molecule has 3 rings (SSSR count). The highest BCUT2D eigenvalue weighted by Gasteiger charge is 2.20. The van der Waals surface area contributed by atoms with Crippen LogP contribution in [0.15, 0.2) is 34.6 Å². The number of hydrogen-bond donors (Lipinski definition) is 2. The number of aryl methyl sites for hydroxylation is 1. The minimum absolute atomic E-state index is 0.180. The fraction of sp³-hybridized carbons (Fsp3) is 0.474. The van der Waals surface area contributed by atoms with Crippen molar-refractivity contribution in [1.29, 1.82) is 0 Å². The van der Waals surface area contributed by atoms with Crippen molar-refractivity contribution < 1.29 is 4.39 Å². The maximum Gasteiger partial charge on any atom is 0.191 e. The number of benzene rings is 1. The molecule has 26 heavy (non-hydrogen) atoms. The molecule has 1 aromatic carbocycles. The molecule has 0 aliphatic carbocycles. The van der Waals surface area contributed by atoms with Crippen LogP contribution >= 0.6 is 11.3 Å². The minimum Gasteiger partial charge on any atom is -0.371 e. The maximum absolute atomic E-state index is 13.4. The van der Waals surface area contributed by atoms with Gasteiger partial charge in [0.15, 0.2) is 5.96 Å². The molecule has 1 aliphatic heterocycles. The molecule has 2 N–H and O–H groups in total. The topological polar surface area (TPSA) is 52.6 Å². The number of nitrogens with zero attached hydrogens (tertiary/aromatic N) is 3. The lowest BCUT2D eigenvalue weighted by atomic mass is 10.0. The molecule has 0 atom stereocenters. The molecule has 1 aromatic heterocycles. The van der Waals surface area contributed by atoms with Crippen LogP contribution in [-0.2, 0) is 13.0 Å². The predicted octanol–water partition coefficient (Wildman–Crippen LogP) is 3.18. The van der Waals surface area contributed by atoms with Crippen LogP contribution in [0.1, 0.15) is 30.5 Å². The zero-order valence-electron chi connectivity index (χ0n) is 15.3. The summed E-state index contributed by atoms with van der Waals surface area (Å²) in [7, 11) is 1.79. The Labute approximate surface area is 158 Å². The lowest BCUT2D eigenvalue weighted by molar-refractivity contribution is 0.461. The van der Waals surface area contributed by atoms with Crippen LogP contribution in [0.3, 0.4) is 0 Å². The Morgan fingerprint density at radius 1 is 1.38 bits per heavy atom. The van der Waals surface area contributed by atoms with Crippen molar-refractivity contribution in [3.63, 3.8) is 0 Å². The standard InChI is InChI=1S/C19H26FN5S/c1-3-18-23-16(13-26-18)12-22-19(21-2)24-15-7-9-25(10-8-15)17-6-4-5-14(20)11-17/h4-6,11,13,15H,3,7-10,12H2,1-2H3,(H2,21,22,24). The van der Waals surface area contributed by atoms with Gasteiger partial charge in [0, 0.05) is 37.2 Å². The first kappa shape index (κ1) is 18.6. The van der Waals surface area contributed by atoms with E-state index in [-0.39, 0.29) is 5.82 Å². The minimum atomic E-state index is -0.180. The summed E-state index contributed by atoms with van der Waals surface area (Å²) in [6.45, 7) is 4.61. The summed E-state index contributed by atoms with van der Waals surface area (Å²) < 4.78 is 13.4. The summed E-state index contributed by atoms with van der Waals surface area (Å²) in [6, 6.07) is 7.19. The van der Waals surface area contributed by atoms with E-state index in [1.165, 1.54) is 6.07 Å². The average molecular weight is 376 g/mol. The first-order valence-corrected chi connectivity index (χ1v) is 9.97. The Hall–Kier alpha value is -2.15. The van der Waals surface area contributed by atoms with E-state index in [2.05, 4.69) is 37.8 Å². The van der Waals surface area contributed by atoms with Gasteiger partial charge in [-0.3, -0.25) is 4.99 Å². The van der Waals surface area contributed by atoms with E-state index in [0.717, 1.165) is 54.7 Å². The van der Waals surface area contributed by atoms with Gasteiger partial charge in [-0.1, -0.05) is 13.0 Å². The van der Waals surface area contributed by atoms with Crippen molar-refractivity contribution in [3.05, 3.63) is 46.2 Å². The fourth-order valence-corrected chi connectivity index (χ4v) is 3.85. The molecule has 1 aliphatic rings. The molecule has 5 nitrogen and oxygen atoms in total. The van der Waals surface area contributed by atoms with Gasteiger partial charge >= 0.3 is 0 Å². The van der Waals surface area contributed by atoms with Gasteiger partial charge in [-0.25, -0.2) is 9.37 Å². The summed E-state index contributed by atoms with van der Waals surface area (Å²) >= 11 is 1.70. The number of rotatable bonds is 5. The molecule has 7 heteroatoms. The quantitative estimate of drug-likeness (QED) is 0.623. The van der Waals surface area contributed by atoms with Gasteiger partial charge in [-0.05, 0) is 37.5 Å². The smallest absolute Gasteiger partial charge is 0.191 e. The Bertz CT molecular complexity index is 737. The Morgan fingerprint density at radius 2 is 2.19 bits per heavy atom. The van der Waals surface area contributed by atoms with Gasteiger partial charge in [-0.2, -0.15) is 0 Å². The largest absolute Gasteiger partial charge is 0.371 e. The Kier molecular flexibility index (Phi) is 6.44. The highest BCUT2D eigenvalue weighted by molar-refractivity contribution is 7.09. The number of halogens is 1. The van der Waals surface area contributed by atoms with Crippen LogP contribution in [0, 0.1) is 5.82 Å². The third-order valence-electron chi connectivity index (χ3n) is 4.57. The number of aromatic nitrogens is 1. The number of hydrogen-bond acceptors (Lipinski definition) is 4. The van der Waals surface area contributed by atoms with Crippen LogP contribution in [-0.4, -0.2) is 37.1 Å². The molecule has 0 radical (unpaired) electrons. The molecule has 0 unspecified atom stereocenters. The molecular weight excluding hydrogens is 349 g/mol. The van der Waals surface area contributed by atoms with E-state index >= 15 is 0 Å². The number of nitrogens with one attached hydrogen (secondary N) is 2. The Morgan fingerprint density at radius 3 is 2.85 bits per heavy atom. The van der Waals surface area contributed by atoms with Gasteiger partial charge in [0.25, 0.3) is 0 Å². The number of thiazole rings is 1. The van der Waals surface area contributed by atoms with Crippen LogP contribution < -0.4 is 15.5 Å². The second-order valence-corrected chi connectivity index (χ2v) is 7.34. The third kappa shape index (κ3) is 4.94. The summed E-state index contributed by atoms with van der Waals surface area (Å²) in [5, 5.41) is 10.1. The zero-order valence-corrected chi connectivity index (χ0v) is 16.2. The molecule has 140 valence electrons. The summed E-state index contributed by atoms with van der Waals surface area (Å²) in [4.78, 5) is 11.1. The predicted molar refractivity (Wildman–Crippen MR) is 106 cm³/mol. The van der Waals surface area contributed by atoms with E-state index in [1.807, 2.05) is 6.07 Å². The van der Waals surface area contributed by atoms with E-state index in [4.69, 9.17) is 0 Å². The van der Waals surface area contributed by atoms with Crippen molar-refractivity contribution in [3.8, 4) is 0 Å². The summed E-state index contributed by atoms with van der Waals surface area (Å²) in [6.07, 6.45) is 2.96. The SMILES string of the molecule is CCc1nc(CNC(=NC)NC2CCN(c3cccc(F)c3)CC2)cs1. The van der Waals surface area contributed by atoms with Crippen LogP contribution in [0.5, 0.6) is 0 Å². The molecule has 2 heterocycles. The number of piperidine rings is 1. The van der Waals surface area contributed by atoms with E-state index in [1.54, 1.807) is 30.5 Å². The highest BCUT2D eigenvalue weighted by Crippen LogP contribution is 2.20. The lowest BCUT2D eigenvalue weighted by Crippen LogP contribution is -2.48. The number of guanidine groups is 1. The fourth-order valence-electron chi connectivity index (χ4n) is 3.11. The molecule has 1 fully saturated rings. The highest BCUT2D eigenvalue weighted by atomic mass is 32.1. The Balaban J connectivity index is 1.46. The van der Waals surface area contributed by atoms with Crippen molar-refractivity contribution in [2.24, 2.45) is 4.99 Å². The summed E-state index contributed by atoms with van der Waals surface area (Å²) in [5.74, 6) is 0.626. The average Bonchev–Trinajstić information content (AvgIpc) is 3.14. The molecule has 0 spiro atoms. The monoisotopic (exact) mass is 375 g/mol. The molecular formula is C19H26FN5S. The van der Waals surface area contributed by atoms with Gasteiger partial charge < -0.3 is 15.5 Å². The molecule has 0 saturated carbocycles. The van der Waals surface area contributed by atoms with E-state index < -0.39 is 0 Å². The molecule has 2 aromatic rings. The summed E-state index contributed by atoms with van der Waals surface area (Å²) in [5.41, 5.74) is 2.01. The maximum atomic E-state index is 13.4. The molecule has 1 saturated heterocycles. The van der Waals surface area contributed by atoms with Crippen molar-refractivity contribution in [2.75, 3.05) is 25.0 Å². The third-order valence-corrected chi connectivity index (χ3v) is 5.61. The number of anilines is 1. The van der Waals surface area contributed by atoms with Gasteiger partial charge in [-0.15, -0.1) is 11.3 Å². The van der Waals surface area contributed by atoms with Crippen molar-refractivity contribution in [2.45, 2.75) is 38.8 Å². The van der Waals surface area contributed by atoms with Gasteiger partial charge in [0.2, 0.25) is 0 Å². The number of aliphatic imine (C=N–C) groups is 1. The van der Waals surface area contributed by atoms with Crippen LogP contribution in [0.2, 0.25) is 0 Å². The van der Waals surface area contributed by atoms with Crippen molar-refractivity contribution in [1.82, 2.24) is 15.6 Å². The van der Waals surface area contributed by atoms with E-state index in [9.17, 15) is 4.39 Å².